The van der Waals surface area contributed by atoms with Gasteiger partial charge in [-0.3, -0.25) is 4.68 Å². The van der Waals surface area contributed by atoms with E-state index in [1.807, 2.05) is 29.2 Å². The Bertz CT molecular complexity index is 1250. The van der Waals surface area contributed by atoms with Crippen molar-refractivity contribution in [3.8, 4) is 17.2 Å². The van der Waals surface area contributed by atoms with Crippen LogP contribution in [0.5, 0.6) is 0 Å². The van der Waals surface area contributed by atoms with Crippen molar-refractivity contribution in [2.24, 2.45) is 0 Å². The number of piperidine rings is 1. The molecule has 0 aliphatic carbocycles. The molecule has 9 heteroatoms. The molecule has 0 unspecified atom stereocenters. The number of aromatic nitrogens is 5. The zero-order valence-corrected chi connectivity index (χ0v) is 17.6. The Morgan fingerprint density at radius 1 is 1.20 bits per heavy atom. The highest BCUT2D eigenvalue weighted by Crippen LogP contribution is 2.35. The second kappa shape index (κ2) is 8.11. The summed E-state index contributed by atoms with van der Waals surface area (Å²) < 4.78 is 3.79. The Morgan fingerprint density at radius 2 is 2.13 bits per heavy atom. The smallest absolute Gasteiger partial charge is 0.130 e. The van der Waals surface area contributed by atoms with E-state index in [1.54, 1.807) is 16.8 Å². The molecule has 5 rings (SSSR count). The summed E-state index contributed by atoms with van der Waals surface area (Å²) in [5.41, 5.74) is 3.28. The third-order valence-corrected chi connectivity index (χ3v) is 6.36. The number of hydrogen-bond acceptors (Lipinski definition) is 6. The van der Waals surface area contributed by atoms with E-state index in [0.717, 1.165) is 52.5 Å². The molecule has 0 bridgehead atoms. The van der Waals surface area contributed by atoms with Gasteiger partial charge in [-0.1, -0.05) is 29.4 Å². The maximum absolute atomic E-state index is 9.52. The van der Waals surface area contributed by atoms with Crippen molar-refractivity contribution in [3.05, 3.63) is 59.8 Å². The van der Waals surface area contributed by atoms with Crippen LogP contribution < -0.4 is 5.32 Å². The highest BCUT2D eigenvalue weighted by Gasteiger charge is 2.18. The highest BCUT2D eigenvalue weighted by molar-refractivity contribution is 7.99. The topological polar surface area (TPSA) is 83.8 Å². The fourth-order valence-electron chi connectivity index (χ4n) is 3.71. The molecule has 150 valence electrons. The predicted octanol–water partition coefficient (Wildman–Crippen LogP) is 4.19. The van der Waals surface area contributed by atoms with Crippen LogP contribution >= 0.6 is 23.4 Å². The van der Waals surface area contributed by atoms with Crippen molar-refractivity contribution in [3.63, 3.8) is 0 Å². The first kappa shape index (κ1) is 19.1. The lowest BCUT2D eigenvalue weighted by atomic mass is 10.1. The van der Waals surface area contributed by atoms with E-state index in [-0.39, 0.29) is 0 Å². The van der Waals surface area contributed by atoms with Crippen LogP contribution in [0.25, 0.3) is 16.6 Å². The Morgan fingerprint density at radius 3 is 2.93 bits per heavy atom. The maximum atomic E-state index is 9.52. The van der Waals surface area contributed by atoms with Gasteiger partial charge in [-0.15, -0.1) is 0 Å². The van der Waals surface area contributed by atoms with Gasteiger partial charge < -0.3 is 5.32 Å². The monoisotopic (exact) mass is 435 g/mol. The van der Waals surface area contributed by atoms with Crippen molar-refractivity contribution < 1.29 is 0 Å². The van der Waals surface area contributed by atoms with E-state index in [4.69, 9.17) is 11.6 Å². The number of hydrogen-bond donors (Lipinski definition) is 1. The Balaban J connectivity index is 1.56. The number of rotatable bonds is 4. The van der Waals surface area contributed by atoms with Crippen molar-refractivity contribution in [1.29, 1.82) is 5.26 Å². The van der Waals surface area contributed by atoms with E-state index in [9.17, 15) is 5.26 Å². The van der Waals surface area contributed by atoms with E-state index in [1.165, 1.54) is 11.8 Å². The summed E-state index contributed by atoms with van der Waals surface area (Å²) >= 11 is 7.52. The molecule has 0 amide bonds. The molecule has 5 heterocycles. The molecule has 0 spiro atoms. The third-order valence-electron chi connectivity index (χ3n) is 5.18. The van der Waals surface area contributed by atoms with Gasteiger partial charge in [-0.25, -0.2) is 9.50 Å². The lowest BCUT2D eigenvalue weighted by Gasteiger charge is -2.22. The fraction of sp³-hybridized carbons (Fsp3) is 0.238. The average Bonchev–Trinajstić information content (AvgIpc) is 3.42. The Labute approximate surface area is 182 Å². The van der Waals surface area contributed by atoms with E-state index < -0.39 is 0 Å². The molecule has 1 aliphatic heterocycles. The van der Waals surface area contributed by atoms with Gasteiger partial charge in [0.25, 0.3) is 0 Å². The number of nitriles is 1. The molecule has 4 aromatic rings. The van der Waals surface area contributed by atoms with Gasteiger partial charge in [-0.05, 0) is 37.6 Å². The first-order valence-corrected chi connectivity index (χ1v) is 10.9. The van der Waals surface area contributed by atoms with Gasteiger partial charge in [0.15, 0.2) is 0 Å². The second-order valence-electron chi connectivity index (χ2n) is 7.17. The van der Waals surface area contributed by atoms with Crippen LogP contribution in [0.15, 0.2) is 59.0 Å². The summed E-state index contributed by atoms with van der Waals surface area (Å²) in [5, 5.41) is 23.1. The van der Waals surface area contributed by atoms with Crippen LogP contribution in [0, 0.1) is 11.3 Å². The van der Waals surface area contributed by atoms with Crippen molar-refractivity contribution >= 4 is 28.9 Å². The molecule has 0 aromatic carbocycles. The van der Waals surface area contributed by atoms with Crippen molar-refractivity contribution in [2.45, 2.75) is 28.8 Å². The summed E-state index contributed by atoms with van der Waals surface area (Å²) in [6.07, 6.45) is 9.77. The number of fused-ring (bicyclic) bond motifs is 1. The quantitative estimate of drug-likeness (QED) is 0.484. The minimum Gasteiger partial charge on any atom is -0.315 e. The largest absolute Gasteiger partial charge is 0.315 e. The molecule has 1 aliphatic rings. The fourth-order valence-corrected chi connectivity index (χ4v) is 4.92. The number of pyridine rings is 2. The molecule has 30 heavy (non-hydrogen) atoms. The van der Waals surface area contributed by atoms with Crippen LogP contribution in [-0.2, 0) is 0 Å². The predicted molar refractivity (Wildman–Crippen MR) is 116 cm³/mol. The standard InChI is InChI=1S/C21H18ClN7S/c22-19-4-1-5-20(27-19)30-18-7-14(12-29-21(18)15(8-23)9-26-29)16-10-25-28(13-16)17-3-2-6-24-11-17/h1,4-5,7,9-10,12-13,17,24H,2-3,6,11H2/t17-/m0/s1. The highest BCUT2D eigenvalue weighted by atomic mass is 35.5. The first-order chi connectivity index (χ1) is 14.7. The molecule has 1 atom stereocenters. The van der Waals surface area contributed by atoms with Crippen molar-refractivity contribution in [2.75, 3.05) is 13.1 Å². The molecule has 0 radical (unpaired) electrons. The molecule has 4 aromatic heterocycles. The van der Waals surface area contributed by atoms with Gasteiger partial charge in [0.2, 0.25) is 0 Å². The summed E-state index contributed by atoms with van der Waals surface area (Å²) in [7, 11) is 0. The van der Waals surface area contributed by atoms with Gasteiger partial charge in [0.05, 0.1) is 29.5 Å². The summed E-state index contributed by atoms with van der Waals surface area (Å²) in [5.74, 6) is 0. The van der Waals surface area contributed by atoms with Crippen LogP contribution in [-0.4, -0.2) is 37.5 Å². The van der Waals surface area contributed by atoms with Crippen molar-refractivity contribution in [1.82, 2.24) is 29.7 Å². The number of nitrogens with one attached hydrogen (secondary N) is 1. The summed E-state index contributed by atoms with van der Waals surface area (Å²) in [6, 6.07) is 10.2. The van der Waals surface area contributed by atoms with Gasteiger partial charge >= 0.3 is 0 Å². The summed E-state index contributed by atoms with van der Waals surface area (Å²) in [6.45, 7) is 2.01. The van der Waals surface area contributed by atoms with E-state index in [2.05, 4.69) is 38.8 Å². The molecular formula is C21H18ClN7S. The van der Waals surface area contributed by atoms with E-state index in [0.29, 0.717) is 16.8 Å². The minimum atomic E-state index is 0.371. The zero-order valence-electron chi connectivity index (χ0n) is 16.0. The minimum absolute atomic E-state index is 0.371. The number of halogens is 1. The second-order valence-corrected chi connectivity index (χ2v) is 8.62. The van der Waals surface area contributed by atoms with E-state index >= 15 is 0 Å². The molecule has 1 saturated heterocycles. The number of nitrogens with zero attached hydrogens (tertiary/aromatic N) is 6. The molecule has 7 nitrogen and oxygen atoms in total. The van der Waals surface area contributed by atoms with Gasteiger partial charge in [0, 0.05) is 35.0 Å². The molecule has 1 fully saturated rings. The lowest BCUT2D eigenvalue weighted by Crippen LogP contribution is -2.31. The zero-order chi connectivity index (χ0) is 20.5. The Hall–Kier alpha value is -2.86. The van der Waals surface area contributed by atoms with Crippen LogP contribution in [0.2, 0.25) is 5.15 Å². The molecule has 1 N–H and O–H groups in total. The lowest BCUT2D eigenvalue weighted by molar-refractivity contribution is 0.347. The maximum Gasteiger partial charge on any atom is 0.130 e. The van der Waals surface area contributed by atoms with Crippen LogP contribution in [0.1, 0.15) is 24.4 Å². The SMILES string of the molecule is N#Cc1cnn2cc(-c3cnn([C@H]4CCCNC4)c3)cc(Sc3cccc(Cl)n3)c12. The van der Waals surface area contributed by atoms with Crippen LogP contribution in [0.3, 0.4) is 0 Å². The molecule has 0 saturated carbocycles. The molecular weight excluding hydrogens is 418 g/mol. The van der Waals surface area contributed by atoms with Gasteiger partial charge in [0.1, 0.15) is 16.2 Å². The Kier molecular flexibility index (Phi) is 5.17. The normalized spacial score (nSPS) is 16.6. The van der Waals surface area contributed by atoms with Crippen LogP contribution in [0.4, 0.5) is 0 Å². The third kappa shape index (κ3) is 3.67. The van der Waals surface area contributed by atoms with Gasteiger partial charge in [-0.2, -0.15) is 15.5 Å². The summed E-state index contributed by atoms with van der Waals surface area (Å²) in [4.78, 5) is 5.27. The average molecular weight is 436 g/mol. The first-order valence-electron chi connectivity index (χ1n) is 9.68.